The summed E-state index contributed by atoms with van der Waals surface area (Å²) in [7, 11) is 0. The Morgan fingerprint density at radius 2 is 1.80 bits per heavy atom. The van der Waals surface area contributed by atoms with E-state index in [4.69, 9.17) is 5.73 Å². The highest BCUT2D eigenvalue weighted by Crippen LogP contribution is 2.36. The molecule has 1 saturated carbocycles. The highest BCUT2D eigenvalue weighted by atomic mass is 19.4. The highest BCUT2D eigenvalue weighted by Gasteiger charge is 2.37. The summed E-state index contributed by atoms with van der Waals surface area (Å²) >= 11 is 0. The molecule has 0 unspecified atom stereocenters. The van der Waals surface area contributed by atoms with Crippen LogP contribution in [0.2, 0.25) is 0 Å². The van der Waals surface area contributed by atoms with Gasteiger partial charge in [0.1, 0.15) is 0 Å². The van der Waals surface area contributed by atoms with E-state index in [9.17, 15) is 13.2 Å². The molecular formula is C15H25F3N2. The predicted molar refractivity (Wildman–Crippen MR) is 74.4 cm³/mol. The van der Waals surface area contributed by atoms with Crippen LogP contribution in [0, 0.1) is 5.41 Å². The van der Waals surface area contributed by atoms with Gasteiger partial charge in [-0.25, -0.2) is 0 Å². The molecule has 0 aromatic heterocycles. The van der Waals surface area contributed by atoms with Gasteiger partial charge in [-0.05, 0) is 31.2 Å². The summed E-state index contributed by atoms with van der Waals surface area (Å²) in [5.74, 6) is 0. The normalized spacial score (nSPS) is 25.1. The van der Waals surface area contributed by atoms with Crippen LogP contribution < -0.4 is 5.73 Å². The van der Waals surface area contributed by atoms with E-state index in [1.165, 1.54) is 31.8 Å². The van der Waals surface area contributed by atoms with Crippen molar-refractivity contribution in [3.63, 3.8) is 0 Å². The summed E-state index contributed by atoms with van der Waals surface area (Å²) in [5.41, 5.74) is 5.76. The number of hydrogen-bond donors (Lipinski definition) is 1. The van der Waals surface area contributed by atoms with Crippen LogP contribution in [0.25, 0.3) is 0 Å². The Labute approximate surface area is 119 Å². The van der Waals surface area contributed by atoms with Crippen molar-refractivity contribution in [1.82, 2.24) is 4.90 Å². The van der Waals surface area contributed by atoms with Gasteiger partial charge in [0.15, 0.2) is 0 Å². The van der Waals surface area contributed by atoms with E-state index in [-0.39, 0.29) is 17.4 Å². The third kappa shape index (κ3) is 3.98. The number of alkyl halides is 3. The lowest BCUT2D eigenvalue weighted by Gasteiger charge is -2.38. The zero-order valence-electron chi connectivity index (χ0n) is 12.0. The number of nitrogens with zero attached hydrogens (tertiary/aromatic N) is 1. The van der Waals surface area contributed by atoms with Gasteiger partial charge in [-0.15, -0.1) is 0 Å². The maximum Gasteiger partial charge on any atom is 0.412 e. The summed E-state index contributed by atoms with van der Waals surface area (Å²) in [6.07, 6.45) is 4.49. The average Bonchev–Trinajstić information content (AvgIpc) is 2.64. The Morgan fingerprint density at radius 3 is 2.25 bits per heavy atom. The van der Waals surface area contributed by atoms with Crippen LogP contribution in [0.3, 0.4) is 0 Å². The third-order valence-corrected chi connectivity index (χ3v) is 4.81. The van der Waals surface area contributed by atoms with Gasteiger partial charge in [-0.1, -0.05) is 31.8 Å². The fourth-order valence-electron chi connectivity index (χ4n) is 3.49. The fourth-order valence-corrected chi connectivity index (χ4v) is 3.49. The summed E-state index contributed by atoms with van der Waals surface area (Å²) in [6, 6.07) is 0. The predicted octanol–water partition coefficient (Wildman–Crippen LogP) is 3.48. The summed E-state index contributed by atoms with van der Waals surface area (Å²) < 4.78 is 37.8. The smallest absolute Gasteiger partial charge is 0.330 e. The molecule has 2 nitrogen and oxygen atoms in total. The van der Waals surface area contributed by atoms with Gasteiger partial charge in [0.2, 0.25) is 0 Å². The van der Waals surface area contributed by atoms with Crippen molar-refractivity contribution in [2.75, 3.05) is 26.2 Å². The number of hydrogen-bond acceptors (Lipinski definition) is 2. The maximum absolute atomic E-state index is 12.6. The summed E-state index contributed by atoms with van der Waals surface area (Å²) in [6.45, 7) is 2.42. The molecule has 0 radical (unpaired) electrons. The second-order valence-corrected chi connectivity index (χ2v) is 6.33. The molecule has 5 heteroatoms. The van der Waals surface area contributed by atoms with Crippen LogP contribution in [0.15, 0.2) is 11.6 Å². The van der Waals surface area contributed by atoms with Gasteiger partial charge < -0.3 is 5.73 Å². The number of rotatable bonds is 3. The van der Waals surface area contributed by atoms with Crippen molar-refractivity contribution >= 4 is 0 Å². The Morgan fingerprint density at radius 1 is 1.15 bits per heavy atom. The van der Waals surface area contributed by atoms with Gasteiger partial charge >= 0.3 is 6.18 Å². The molecular weight excluding hydrogens is 265 g/mol. The molecule has 0 atom stereocenters. The minimum absolute atomic E-state index is 0.115. The molecule has 1 aliphatic carbocycles. The second kappa shape index (κ2) is 6.48. The number of halogens is 3. The number of nitrogens with two attached hydrogens (primary N) is 1. The molecule has 1 heterocycles. The first kappa shape index (κ1) is 15.8. The van der Waals surface area contributed by atoms with E-state index in [0.29, 0.717) is 19.6 Å². The second-order valence-electron chi connectivity index (χ2n) is 6.33. The lowest BCUT2D eigenvalue weighted by atomic mass is 9.79. The molecule has 0 spiro atoms. The van der Waals surface area contributed by atoms with Gasteiger partial charge in [0.05, 0.1) is 0 Å². The minimum atomic E-state index is -4.15. The lowest BCUT2D eigenvalue weighted by molar-refractivity contribution is -0.0963. The Balaban J connectivity index is 1.95. The summed E-state index contributed by atoms with van der Waals surface area (Å²) in [5, 5.41) is 0. The average molecular weight is 290 g/mol. The minimum Gasteiger partial charge on any atom is -0.330 e. The molecule has 0 amide bonds. The summed E-state index contributed by atoms with van der Waals surface area (Å²) in [4.78, 5) is 2.15. The zero-order valence-corrected chi connectivity index (χ0v) is 12.0. The van der Waals surface area contributed by atoms with Crippen LogP contribution in [0.1, 0.15) is 44.9 Å². The zero-order chi connectivity index (χ0) is 14.6. The van der Waals surface area contributed by atoms with Crippen molar-refractivity contribution in [3.05, 3.63) is 11.6 Å². The largest absolute Gasteiger partial charge is 0.412 e. The molecule has 0 aromatic carbocycles. The van der Waals surface area contributed by atoms with Crippen molar-refractivity contribution < 1.29 is 13.2 Å². The maximum atomic E-state index is 12.6. The first-order valence-corrected chi connectivity index (χ1v) is 7.64. The molecule has 2 aliphatic rings. The third-order valence-electron chi connectivity index (χ3n) is 4.81. The fraction of sp³-hybridized carbons (Fsp3) is 0.867. The molecule has 0 aromatic rings. The Hall–Kier alpha value is -0.550. The van der Waals surface area contributed by atoms with E-state index >= 15 is 0 Å². The standard InChI is InChI=1S/C15H25F3N2/c16-15(17,18)13-5-9-20(10-6-13)12-14(11-19)7-3-1-2-4-8-14/h5H,1-4,6-12,19H2. The molecule has 0 bridgehead atoms. The molecule has 0 saturated heterocycles. The van der Waals surface area contributed by atoms with E-state index in [1.807, 2.05) is 0 Å². The van der Waals surface area contributed by atoms with Gasteiger partial charge in [-0.2, -0.15) is 13.2 Å². The van der Waals surface area contributed by atoms with Gasteiger partial charge in [0, 0.05) is 25.2 Å². The SMILES string of the molecule is NCC1(CN2CC=C(C(F)(F)F)CC2)CCCCCC1. The van der Waals surface area contributed by atoms with E-state index in [2.05, 4.69) is 4.90 Å². The van der Waals surface area contributed by atoms with Crippen molar-refractivity contribution in [3.8, 4) is 0 Å². The molecule has 1 fully saturated rings. The quantitative estimate of drug-likeness (QED) is 0.637. The molecule has 2 N–H and O–H groups in total. The first-order chi connectivity index (χ1) is 9.45. The van der Waals surface area contributed by atoms with E-state index < -0.39 is 6.18 Å². The van der Waals surface area contributed by atoms with Crippen LogP contribution in [-0.4, -0.2) is 37.3 Å². The van der Waals surface area contributed by atoms with E-state index in [0.717, 1.165) is 19.4 Å². The van der Waals surface area contributed by atoms with Crippen LogP contribution >= 0.6 is 0 Å². The lowest BCUT2D eigenvalue weighted by Crippen LogP contribution is -2.44. The molecule has 20 heavy (non-hydrogen) atoms. The van der Waals surface area contributed by atoms with Crippen LogP contribution in [0.4, 0.5) is 13.2 Å². The first-order valence-electron chi connectivity index (χ1n) is 7.64. The van der Waals surface area contributed by atoms with E-state index in [1.54, 1.807) is 0 Å². The Bertz CT molecular complexity index is 342. The molecule has 116 valence electrons. The van der Waals surface area contributed by atoms with Gasteiger partial charge in [-0.3, -0.25) is 4.90 Å². The van der Waals surface area contributed by atoms with Crippen molar-refractivity contribution in [2.45, 2.75) is 51.1 Å². The van der Waals surface area contributed by atoms with Gasteiger partial charge in [0.25, 0.3) is 0 Å². The molecule has 2 rings (SSSR count). The highest BCUT2D eigenvalue weighted by molar-refractivity contribution is 5.13. The van der Waals surface area contributed by atoms with Crippen molar-refractivity contribution in [1.29, 1.82) is 0 Å². The van der Waals surface area contributed by atoms with Crippen molar-refractivity contribution in [2.24, 2.45) is 11.1 Å². The van der Waals surface area contributed by atoms with Crippen LogP contribution in [0.5, 0.6) is 0 Å². The van der Waals surface area contributed by atoms with Crippen LogP contribution in [-0.2, 0) is 0 Å². The topological polar surface area (TPSA) is 29.3 Å². The Kier molecular flexibility index (Phi) is 5.13. The molecule has 1 aliphatic heterocycles. The monoisotopic (exact) mass is 290 g/mol.